The van der Waals surface area contributed by atoms with E-state index in [4.69, 9.17) is 9.26 Å². The average molecular weight is 404 g/mol. The number of hydrogen-bond donors (Lipinski definition) is 1. The van der Waals surface area contributed by atoms with E-state index in [9.17, 15) is 9.18 Å². The second kappa shape index (κ2) is 10.5. The van der Waals surface area contributed by atoms with Crippen LogP contribution in [0.25, 0.3) is 11.4 Å². The molecule has 3 rings (SSSR count). The normalized spacial score (nSPS) is 15.7. The first kappa shape index (κ1) is 21.4. The summed E-state index contributed by atoms with van der Waals surface area (Å²) in [5.41, 5.74) is 0.718. The summed E-state index contributed by atoms with van der Waals surface area (Å²) in [5, 5.41) is 6.99. The number of likely N-dealkylation sites (tertiary alicyclic amines) is 1. The summed E-state index contributed by atoms with van der Waals surface area (Å²) in [6.07, 6.45) is 2.68. The first-order chi connectivity index (χ1) is 14.0. The van der Waals surface area contributed by atoms with Gasteiger partial charge in [0.1, 0.15) is 5.82 Å². The van der Waals surface area contributed by atoms with E-state index >= 15 is 0 Å². The molecule has 1 aromatic heterocycles. The highest BCUT2D eigenvalue weighted by Crippen LogP contribution is 2.20. The van der Waals surface area contributed by atoms with Gasteiger partial charge in [-0.15, -0.1) is 0 Å². The zero-order valence-corrected chi connectivity index (χ0v) is 17.1. The molecular weight excluding hydrogens is 375 g/mol. The van der Waals surface area contributed by atoms with Gasteiger partial charge in [0, 0.05) is 24.6 Å². The van der Waals surface area contributed by atoms with Gasteiger partial charge in [0.05, 0.1) is 12.6 Å². The first-order valence-corrected chi connectivity index (χ1v) is 10.2. The quantitative estimate of drug-likeness (QED) is 0.647. The number of amides is 1. The topological polar surface area (TPSA) is 80.5 Å². The zero-order chi connectivity index (χ0) is 20.6. The number of ether oxygens (including phenoxy) is 1. The van der Waals surface area contributed by atoms with Gasteiger partial charge in [0.2, 0.25) is 17.6 Å². The number of carbonyl (C=O) groups is 1. The van der Waals surface area contributed by atoms with E-state index in [-0.39, 0.29) is 23.7 Å². The van der Waals surface area contributed by atoms with Crippen molar-refractivity contribution in [2.75, 3.05) is 26.2 Å². The summed E-state index contributed by atoms with van der Waals surface area (Å²) in [6.45, 7) is 7.50. The Kier molecular flexibility index (Phi) is 7.71. The molecule has 2 aromatic rings. The largest absolute Gasteiger partial charge is 0.379 e. The van der Waals surface area contributed by atoms with Crippen molar-refractivity contribution in [1.82, 2.24) is 20.4 Å². The third kappa shape index (κ3) is 6.61. The molecule has 1 N–H and O–H groups in total. The number of carbonyl (C=O) groups excluding carboxylic acids is 1. The number of rotatable bonds is 9. The second-order valence-corrected chi connectivity index (χ2v) is 7.63. The Morgan fingerprint density at radius 3 is 2.72 bits per heavy atom. The van der Waals surface area contributed by atoms with Crippen LogP contribution in [0.4, 0.5) is 4.39 Å². The lowest BCUT2D eigenvalue weighted by Gasteiger charge is -2.30. The van der Waals surface area contributed by atoms with Gasteiger partial charge in [-0.05, 0) is 70.5 Å². The molecule has 158 valence electrons. The maximum Gasteiger partial charge on any atom is 0.241 e. The molecule has 29 heavy (non-hydrogen) atoms. The smallest absolute Gasteiger partial charge is 0.241 e. The lowest BCUT2D eigenvalue weighted by atomic mass is 9.96. The molecular formula is C21H29FN4O3. The van der Waals surface area contributed by atoms with Crippen molar-refractivity contribution in [1.29, 1.82) is 0 Å². The Balaban J connectivity index is 1.39. The fourth-order valence-corrected chi connectivity index (χ4v) is 3.33. The molecule has 7 nitrogen and oxygen atoms in total. The second-order valence-electron chi connectivity index (χ2n) is 7.63. The molecule has 0 saturated carbocycles. The van der Waals surface area contributed by atoms with Crippen LogP contribution in [0, 0.1) is 11.7 Å². The van der Waals surface area contributed by atoms with Crippen LogP contribution in [0.1, 0.15) is 39.0 Å². The molecule has 0 aliphatic carbocycles. The fraction of sp³-hybridized carbons (Fsp3) is 0.571. The van der Waals surface area contributed by atoms with Crippen LogP contribution in [0.3, 0.4) is 0 Å². The molecule has 2 heterocycles. The van der Waals surface area contributed by atoms with Crippen LogP contribution < -0.4 is 5.32 Å². The van der Waals surface area contributed by atoms with E-state index in [1.807, 2.05) is 13.8 Å². The average Bonchev–Trinajstić information content (AvgIpc) is 3.17. The SMILES string of the molecule is CC(C)OCCCNC(=O)C1CCN(Cc2nc(-c3ccc(F)cc3)no2)CC1. The highest BCUT2D eigenvalue weighted by molar-refractivity contribution is 5.78. The number of benzene rings is 1. The van der Waals surface area contributed by atoms with E-state index in [2.05, 4.69) is 20.4 Å². The maximum atomic E-state index is 13.0. The highest BCUT2D eigenvalue weighted by Gasteiger charge is 2.25. The summed E-state index contributed by atoms with van der Waals surface area (Å²) >= 11 is 0. The minimum atomic E-state index is -0.298. The molecule has 1 aliphatic heterocycles. The summed E-state index contributed by atoms with van der Waals surface area (Å²) in [7, 11) is 0. The van der Waals surface area contributed by atoms with Crippen molar-refractivity contribution >= 4 is 5.91 Å². The Morgan fingerprint density at radius 2 is 2.03 bits per heavy atom. The first-order valence-electron chi connectivity index (χ1n) is 10.2. The Labute approximate surface area is 170 Å². The van der Waals surface area contributed by atoms with Gasteiger partial charge in [0.15, 0.2) is 0 Å². The predicted octanol–water partition coefficient (Wildman–Crippen LogP) is 3.02. The van der Waals surface area contributed by atoms with Gasteiger partial charge in [-0.2, -0.15) is 4.98 Å². The molecule has 1 aliphatic rings. The molecule has 0 radical (unpaired) electrons. The zero-order valence-electron chi connectivity index (χ0n) is 17.1. The third-order valence-corrected chi connectivity index (χ3v) is 4.96. The van der Waals surface area contributed by atoms with E-state index in [0.29, 0.717) is 31.4 Å². The Hall–Kier alpha value is -2.32. The predicted molar refractivity (Wildman–Crippen MR) is 106 cm³/mol. The fourth-order valence-electron chi connectivity index (χ4n) is 3.33. The van der Waals surface area contributed by atoms with Crippen LogP contribution in [-0.4, -0.2) is 53.3 Å². The van der Waals surface area contributed by atoms with Crippen LogP contribution in [0.2, 0.25) is 0 Å². The van der Waals surface area contributed by atoms with Crippen molar-refractivity contribution in [3.05, 3.63) is 36.0 Å². The van der Waals surface area contributed by atoms with Gasteiger partial charge in [-0.1, -0.05) is 5.16 Å². The lowest BCUT2D eigenvalue weighted by molar-refractivity contribution is -0.126. The summed E-state index contributed by atoms with van der Waals surface area (Å²) < 4.78 is 23.8. The van der Waals surface area contributed by atoms with Crippen molar-refractivity contribution in [2.45, 2.75) is 45.8 Å². The molecule has 0 bridgehead atoms. The maximum absolute atomic E-state index is 13.0. The molecule has 0 spiro atoms. The van der Waals surface area contributed by atoms with Gasteiger partial charge >= 0.3 is 0 Å². The van der Waals surface area contributed by atoms with Crippen molar-refractivity contribution < 1.29 is 18.4 Å². The van der Waals surface area contributed by atoms with Crippen LogP contribution in [0.15, 0.2) is 28.8 Å². The number of nitrogens with one attached hydrogen (secondary N) is 1. The minimum absolute atomic E-state index is 0.0507. The number of aromatic nitrogens is 2. The Bertz CT molecular complexity index is 770. The van der Waals surface area contributed by atoms with E-state index in [1.54, 1.807) is 12.1 Å². The van der Waals surface area contributed by atoms with Crippen molar-refractivity contribution in [3.63, 3.8) is 0 Å². The number of hydrogen-bond acceptors (Lipinski definition) is 6. The van der Waals surface area contributed by atoms with Gasteiger partial charge in [0.25, 0.3) is 0 Å². The van der Waals surface area contributed by atoms with Gasteiger partial charge < -0.3 is 14.6 Å². The van der Waals surface area contributed by atoms with Crippen LogP contribution in [-0.2, 0) is 16.1 Å². The molecule has 1 saturated heterocycles. The summed E-state index contributed by atoms with van der Waals surface area (Å²) in [4.78, 5) is 18.9. The Morgan fingerprint density at radius 1 is 1.31 bits per heavy atom. The van der Waals surface area contributed by atoms with Crippen molar-refractivity contribution in [2.24, 2.45) is 5.92 Å². The van der Waals surface area contributed by atoms with Crippen LogP contribution in [0.5, 0.6) is 0 Å². The molecule has 1 amide bonds. The molecule has 1 fully saturated rings. The van der Waals surface area contributed by atoms with Crippen LogP contribution >= 0.6 is 0 Å². The number of piperidine rings is 1. The molecule has 0 unspecified atom stereocenters. The van der Waals surface area contributed by atoms with E-state index in [0.717, 1.165) is 37.9 Å². The number of halogens is 1. The highest BCUT2D eigenvalue weighted by atomic mass is 19.1. The summed E-state index contributed by atoms with van der Waals surface area (Å²) in [6, 6.07) is 6.00. The van der Waals surface area contributed by atoms with E-state index in [1.165, 1.54) is 12.1 Å². The lowest BCUT2D eigenvalue weighted by Crippen LogP contribution is -2.40. The molecule has 1 aromatic carbocycles. The van der Waals surface area contributed by atoms with E-state index < -0.39 is 0 Å². The van der Waals surface area contributed by atoms with Gasteiger partial charge in [-0.25, -0.2) is 4.39 Å². The third-order valence-electron chi connectivity index (χ3n) is 4.96. The molecule has 0 atom stereocenters. The molecule has 8 heteroatoms. The van der Waals surface area contributed by atoms with Crippen molar-refractivity contribution in [3.8, 4) is 11.4 Å². The monoisotopic (exact) mass is 404 g/mol. The summed E-state index contributed by atoms with van der Waals surface area (Å²) in [5.74, 6) is 0.863. The number of nitrogens with zero attached hydrogens (tertiary/aromatic N) is 3. The standard InChI is InChI=1S/C21H29FN4O3/c1-15(2)28-13-3-10-23-21(27)17-8-11-26(12-9-17)14-19-24-20(25-29-19)16-4-6-18(22)7-5-16/h4-7,15,17H,3,8-14H2,1-2H3,(H,23,27). The minimum Gasteiger partial charge on any atom is -0.379 e. The van der Waals surface area contributed by atoms with Gasteiger partial charge in [-0.3, -0.25) is 9.69 Å².